The molecule has 1 aromatic heterocycles. The van der Waals surface area contributed by atoms with Gasteiger partial charge in [0.2, 0.25) is 0 Å². The molecule has 0 unspecified atom stereocenters. The van der Waals surface area contributed by atoms with E-state index in [1.165, 1.54) is 10.5 Å². The van der Waals surface area contributed by atoms with E-state index in [2.05, 4.69) is 43.1 Å². The summed E-state index contributed by atoms with van der Waals surface area (Å²) >= 11 is 1.67. The first kappa shape index (κ1) is 13.1. The molecule has 0 aliphatic carbocycles. The SMILES string of the molecule is CC(C)c1ccc(Sc2ncccc2CN)cc1. The number of benzene rings is 1. The number of nitrogens with two attached hydrogens (primary N) is 1. The quantitative estimate of drug-likeness (QED) is 0.906. The van der Waals surface area contributed by atoms with E-state index in [4.69, 9.17) is 5.73 Å². The van der Waals surface area contributed by atoms with Crippen LogP contribution >= 0.6 is 11.8 Å². The Morgan fingerprint density at radius 3 is 2.50 bits per heavy atom. The third-order valence-corrected chi connectivity index (χ3v) is 3.90. The van der Waals surface area contributed by atoms with Gasteiger partial charge in [-0.15, -0.1) is 0 Å². The Kier molecular flexibility index (Phi) is 4.39. The Bertz CT molecular complexity index is 506. The number of pyridine rings is 1. The van der Waals surface area contributed by atoms with Crippen LogP contribution in [0.1, 0.15) is 30.9 Å². The van der Waals surface area contributed by atoms with E-state index >= 15 is 0 Å². The van der Waals surface area contributed by atoms with Crippen molar-refractivity contribution in [2.45, 2.75) is 36.2 Å². The Morgan fingerprint density at radius 1 is 1.17 bits per heavy atom. The van der Waals surface area contributed by atoms with Crippen LogP contribution in [0, 0.1) is 0 Å². The lowest BCUT2D eigenvalue weighted by Crippen LogP contribution is -1.99. The minimum absolute atomic E-state index is 0.528. The lowest BCUT2D eigenvalue weighted by molar-refractivity contribution is 0.865. The van der Waals surface area contributed by atoms with Crippen LogP contribution in [-0.2, 0) is 6.54 Å². The predicted octanol–water partition coefficient (Wildman–Crippen LogP) is 3.81. The van der Waals surface area contributed by atoms with Crippen molar-refractivity contribution in [2.24, 2.45) is 5.73 Å². The van der Waals surface area contributed by atoms with E-state index in [1.54, 1.807) is 11.8 Å². The fourth-order valence-corrected chi connectivity index (χ4v) is 2.60. The number of aromatic nitrogens is 1. The molecule has 2 nitrogen and oxygen atoms in total. The highest BCUT2D eigenvalue weighted by Crippen LogP contribution is 2.29. The molecule has 2 N–H and O–H groups in total. The molecular formula is C15H18N2S. The van der Waals surface area contributed by atoms with Crippen molar-refractivity contribution < 1.29 is 0 Å². The molecule has 2 rings (SSSR count). The highest BCUT2D eigenvalue weighted by Gasteiger charge is 2.05. The zero-order valence-electron chi connectivity index (χ0n) is 10.8. The molecule has 2 aromatic rings. The number of nitrogens with zero attached hydrogens (tertiary/aromatic N) is 1. The maximum absolute atomic E-state index is 5.71. The standard InChI is InChI=1S/C15H18N2S/c1-11(2)12-5-7-14(8-6-12)18-15-13(10-16)4-3-9-17-15/h3-9,11H,10,16H2,1-2H3. The zero-order valence-corrected chi connectivity index (χ0v) is 11.6. The Balaban J connectivity index is 2.18. The van der Waals surface area contributed by atoms with Gasteiger partial charge in [-0.25, -0.2) is 4.98 Å². The van der Waals surface area contributed by atoms with Gasteiger partial charge in [0.25, 0.3) is 0 Å². The van der Waals surface area contributed by atoms with E-state index in [0.717, 1.165) is 10.6 Å². The summed E-state index contributed by atoms with van der Waals surface area (Å²) in [6.07, 6.45) is 1.81. The molecule has 94 valence electrons. The molecule has 0 spiro atoms. The maximum Gasteiger partial charge on any atom is 0.105 e. The zero-order chi connectivity index (χ0) is 13.0. The molecule has 0 bridgehead atoms. The summed E-state index contributed by atoms with van der Waals surface area (Å²) in [5.74, 6) is 0.568. The van der Waals surface area contributed by atoms with E-state index in [1.807, 2.05) is 18.3 Å². The highest BCUT2D eigenvalue weighted by molar-refractivity contribution is 7.99. The molecule has 0 radical (unpaired) electrons. The van der Waals surface area contributed by atoms with Crippen molar-refractivity contribution in [3.05, 3.63) is 53.7 Å². The van der Waals surface area contributed by atoms with Crippen LogP contribution in [0.2, 0.25) is 0 Å². The van der Waals surface area contributed by atoms with Crippen LogP contribution < -0.4 is 5.73 Å². The Morgan fingerprint density at radius 2 is 1.89 bits per heavy atom. The van der Waals surface area contributed by atoms with Crippen molar-refractivity contribution in [1.82, 2.24) is 4.98 Å². The molecule has 3 heteroatoms. The molecule has 0 saturated heterocycles. The largest absolute Gasteiger partial charge is 0.326 e. The van der Waals surface area contributed by atoms with E-state index < -0.39 is 0 Å². The van der Waals surface area contributed by atoms with Crippen molar-refractivity contribution >= 4 is 11.8 Å². The summed E-state index contributed by atoms with van der Waals surface area (Å²) in [4.78, 5) is 5.59. The van der Waals surface area contributed by atoms with E-state index in [0.29, 0.717) is 12.5 Å². The van der Waals surface area contributed by atoms with Crippen molar-refractivity contribution in [3.8, 4) is 0 Å². The normalized spacial score (nSPS) is 10.9. The van der Waals surface area contributed by atoms with Crippen molar-refractivity contribution in [3.63, 3.8) is 0 Å². The van der Waals surface area contributed by atoms with Gasteiger partial charge in [-0.05, 0) is 35.2 Å². The molecule has 0 aliphatic rings. The second-order valence-electron chi connectivity index (χ2n) is 4.50. The van der Waals surface area contributed by atoms with E-state index in [9.17, 15) is 0 Å². The fraction of sp³-hybridized carbons (Fsp3) is 0.267. The van der Waals surface area contributed by atoms with Gasteiger partial charge in [0.05, 0.1) is 0 Å². The number of hydrogen-bond donors (Lipinski definition) is 1. The predicted molar refractivity (Wildman–Crippen MR) is 76.8 cm³/mol. The molecule has 1 heterocycles. The smallest absolute Gasteiger partial charge is 0.105 e. The summed E-state index contributed by atoms with van der Waals surface area (Å²) < 4.78 is 0. The van der Waals surface area contributed by atoms with Gasteiger partial charge in [0, 0.05) is 17.6 Å². The molecule has 18 heavy (non-hydrogen) atoms. The second kappa shape index (κ2) is 6.03. The second-order valence-corrected chi connectivity index (χ2v) is 5.56. The topological polar surface area (TPSA) is 38.9 Å². The van der Waals surface area contributed by atoms with Crippen molar-refractivity contribution in [1.29, 1.82) is 0 Å². The molecule has 0 aliphatic heterocycles. The van der Waals surface area contributed by atoms with Crippen LogP contribution in [-0.4, -0.2) is 4.98 Å². The van der Waals surface area contributed by atoms with Crippen LogP contribution in [0.15, 0.2) is 52.5 Å². The van der Waals surface area contributed by atoms with Crippen LogP contribution in [0.25, 0.3) is 0 Å². The number of rotatable bonds is 4. The lowest BCUT2D eigenvalue weighted by Gasteiger charge is -2.08. The summed E-state index contributed by atoms with van der Waals surface area (Å²) in [6.45, 7) is 4.93. The average Bonchev–Trinajstić information content (AvgIpc) is 2.40. The minimum Gasteiger partial charge on any atom is -0.326 e. The Labute approximate surface area is 113 Å². The van der Waals surface area contributed by atoms with Crippen molar-refractivity contribution in [2.75, 3.05) is 0 Å². The van der Waals surface area contributed by atoms with Gasteiger partial charge in [-0.3, -0.25) is 0 Å². The molecule has 0 saturated carbocycles. The summed E-state index contributed by atoms with van der Waals surface area (Å²) in [5.41, 5.74) is 8.17. The van der Waals surface area contributed by atoms with Gasteiger partial charge < -0.3 is 5.73 Å². The van der Waals surface area contributed by atoms with Gasteiger partial charge in [0.15, 0.2) is 0 Å². The van der Waals surface area contributed by atoms with Crippen LogP contribution in [0.5, 0.6) is 0 Å². The molecule has 0 fully saturated rings. The average molecular weight is 258 g/mol. The Hall–Kier alpha value is -1.32. The summed E-state index contributed by atoms with van der Waals surface area (Å²) in [6, 6.07) is 12.6. The van der Waals surface area contributed by atoms with Crippen LogP contribution in [0.4, 0.5) is 0 Å². The third kappa shape index (κ3) is 3.12. The fourth-order valence-electron chi connectivity index (χ4n) is 1.70. The van der Waals surface area contributed by atoms with Gasteiger partial charge in [-0.1, -0.05) is 43.8 Å². The first-order valence-electron chi connectivity index (χ1n) is 6.12. The lowest BCUT2D eigenvalue weighted by atomic mass is 10.0. The third-order valence-electron chi connectivity index (χ3n) is 2.83. The first-order chi connectivity index (χ1) is 8.70. The van der Waals surface area contributed by atoms with Gasteiger partial charge >= 0.3 is 0 Å². The van der Waals surface area contributed by atoms with Gasteiger partial charge in [0.1, 0.15) is 5.03 Å². The van der Waals surface area contributed by atoms with E-state index in [-0.39, 0.29) is 0 Å². The molecule has 1 aromatic carbocycles. The monoisotopic (exact) mass is 258 g/mol. The maximum atomic E-state index is 5.71. The molecular weight excluding hydrogens is 240 g/mol. The first-order valence-corrected chi connectivity index (χ1v) is 6.94. The van der Waals surface area contributed by atoms with Gasteiger partial charge in [-0.2, -0.15) is 0 Å². The molecule has 0 atom stereocenters. The summed E-state index contributed by atoms with van der Waals surface area (Å²) in [5, 5.41) is 0.997. The molecule has 0 amide bonds. The highest BCUT2D eigenvalue weighted by atomic mass is 32.2. The van der Waals surface area contributed by atoms with Crippen LogP contribution in [0.3, 0.4) is 0 Å². The minimum atomic E-state index is 0.528. The summed E-state index contributed by atoms with van der Waals surface area (Å²) in [7, 11) is 0. The number of hydrogen-bond acceptors (Lipinski definition) is 3.